The van der Waals surface area contributed by atoms with Crippen molar-refractivity contribution in [1.29, 1.82) is 0 Å². The lowest BCUT2D eigenvalue weighted by atomic mass is 10.0. The molecule has 0 unspecified atom stereocenters. The van der Waals surface area contributed by atoms with E-state index in [0.29, 0.717) is 10.8 Å². The van der Waals surface area contributed by atoms with Crippen molar-refractivity contribution in [3.8, 4) is 28.5 Å². The first kappa shape index (κ1) is 26.1. The van der Waals surface area contributed by atoms with Crippen LogP contribution in [0.1, 0.15) is 55.4 Å². The normalized spacial score (nSPS) is 11.0. The molecule has 3 heteroatoms. The summed E-state index contributed by atoms with van der Waals surface area (Å²) in [7, 11) is 0. The lowest BCUT2D eigenvalue weighted by Gasteiger charge is -2.10. The fourth-order valence-electron chi connectivity index (χ4n) is 2.65. The van der Waals surface area contributed by atoms with Crippen molar-refractivity contribution < 1.29 is 0 Å². The number of rotatable bonds is 3. The van der Waals surface area contributed by atoms with E-state index in [1.54, 1.807) is 0 Å². The summed E-state index contributed by atoms with van der Waals surface area (Å²) in [4.78, 5) is 0. The number of nitrogens with zero attached hydrogens (tertiary/aromatic N) is 3. The van der Waals surface area contributed by atoms with E-state index in [1.807, 2.05) is 54.6 Å². The zero-order chi connectivity index (χ0) is 24.5. The Hall–Kier alpha value is -3.20. The van der Waals surface area contributed by atoms with Crippen LogP contribution in [0.25, 0.3) is 28.5 Å². The van der Waals surface area contributed by atoms with E-state index >= 15 is 0 Å². The van der Waals surface area contributed by atoms with Crippen molar-refractivity contribution in [2.45, 2.75) is 55.4 Å². The maximum atomic E-state index is 4.45. The highest BCUT2D eigenvalue weighted by molar-refractivity contribution is 5.66. The van der Waals surface area contributed by atoms with Gasteiger partial charge in [-0.3, -0.25) is 4.57 Å². The minimum Gasteiger partial charge on any atom is -0.275 e. The first-order valence-electron chi connectivity index (χ1n) is 11.6. The summed E-state index contributed by atoms with van der Waals surface area (Å²) >= 11 is 0. The third-order valence-electron chi connectivity index (χ3n) is 3.74. The average molecular weight is 442 g/mol. The van der Waals surface area contributed by atoms with E-state index in [2.05, 4.69) is 107 Å². The Labute approximate surface area is 200 Å². The molecule has 4 rings (SSSR count). The molecule has 4 aromatic rings. The maximum absolute atomic E-state index is 4.45. The molecule has 174 valence electrons. The van der Waals surface area contributed by atoms with Crippen LogP contribution in [0.4, 0.5) is 0 Å². The van der Waals surface area contributed by atoms with Crippen LogP contribution in [0.5, 0.6) is 0 Å². The summed E-state index contributed by atoms with van der Waals surface area (Å²) in [5.41, 5.74) is 4.15. The number of aromatic nitrogens is 3. The lowest BCUT2D eigenvalue weighted by molar-refractivity contribution is 0.469. The highest BCUT2D eigenvalue weighted by atomic mass is 15.3. The van der Waals surface area contributed by atoms with Crippen molar-refractivity contribution in [2.75, 3.05) is 0 Å². The largest absolute Gasteiger partial charge is 0.275 e. The number of para-hydroxylation sites is 1. The zero-order valence-electron chi connectivity index (χ0n) is 21.5. The van der Waals surface area contributed by atoms with E-state index in [1.165, 1.54) is 0 Å². The third-order valence-corrected chi connectivity index (χ3v) is 3.74. The predicted octanol–water partition coefficient (Wildman–Crippen LogP) is 8.71. The standard InChI is InChI=1S/C20H15N3.2C5H12/c1-4-10-16(11-5-1)19-21-22-20(17-12-6-2-7-13-17)23(19)18-14-8-3-9-15-18;2*1-5(2,3)4/h1-15H;2*1-4H3. The van der Waals surface area contributed by atoms with Gasteiger partial charge in [-0.1, -0.05) is 134 Å². The van der Waals surface area contributed by atoms with E-state index in [0.717, 1.165) is 28.5 Å². The second-order valence-corrected chi connectivity index (χ2v) is 11.3. The van der Waals surface area contributed by atoms with E-state index in [4.69, 9.17) is 0 Å². The molecule has 0 radical (unpaired) electrons. The van der Waals surface area contributed by atoms with Gasteiger partial charge in [0.1, 0.15) is 0 Å². The molecule has 0 aliphatic heterocycles. The maximum Gasteiger partial charge on any atom is 0.168 e. The minimum atomic E-state index is 0.500. The van der Waals surface area contributed by atoms with Gasteiger partial charge in [0.15, 0.2) is 11.6 Å². The molecule has 0 aliphatic rings. The van der Waals surface area contributed by atoms with Gasteiger partial charge in [0.25, 0.3) is 0 Å². The molecule has 1 heterocycles. The highest BCUT2D eigenvalue weighted by Crippen LogP contribution is 2.28. The minimum absolute atomic E-state index is 0.500. The van der Waals surface area contributed by atoms with Gasteiger partial charge in [0.05, 0.1) is 0 Å². The summed E-state index contributed by atoms with van der Waals surface area (Å²) in [6, 6.07) is 30.5. The van der Waals surface area contributed by atoms with E-state index in [9.17, 15) is 0 Å². The molecule has 0 N–H and O–H groups in total. The topological polar surface area (TPSA) is 30.7 Å². The Kier molecular flexibility index (Phi) is 9.16. The summed E-state index contributed by atoms with van der Waals surface area (Å²) in [6.07, 6.45) is 0. The lowest BCUT2D eigenvalue weighted by Crippen LogP contribution is -2.00. The van der Waals surface area contributed by atoms with Gasteiger partial charge < -0.3 is 0 Å². The molecule has 1 aromatic heterocycles. The van der Waals surface area contributed by atoms with Crippen LogP contribution >= 0.6 is 0 Å². The fourth-order valence-corrected chi connectivity index (χ4v) is 2.65. The number of hydrogen-bond acceptors (Lipinski definition) is 2. The molecule has 0 spiro atoms. The van der Waals surface area contributed by atoms with Crippen LogP contribution in [-0.2, 0) is 0 Å². The SMILES string of the molecule is CC(C)(C)C.CC(C)(C)C.c1ccc(-c2nnc(-c3ccccc3)n2-c2ccccc2)cc1. The van der Waals surface area contributed by atoms with Gasteiger partial charge >= 0.3 is 0 Å². The van der Waals surface area contributed by atoms with Crippen LogP contribution < -0.4 is 0 Å². The van der Waals surface area contributed by atoms with Gasteiger partial charge in [-0.15, -0.1) is 10.2 Å². The molecule has 0 fully saturated rings. The van der Waals surface area contributed by atoms with Gasteiger partial charge in [0.2, 0.25) is 0 Å². The van der Waals surface area contributed by atoms with Crippen LogP contribution in [-0.4, -0.2) is 14.8 Å². The molecule has 33 heavy (non-hydrogen) atoms. The summed E-state index contributed by atoms with van der Waals surface area (Å²) < 4.78 is 2.10. The molecular weight excluding hydrogens is 402 g/mol. The average Bonchev–Trinajstić information content (AvgIpc) is 3.18. The quantitative estimate of drug-likeness (QED) is 0.318. The second kappa shape index (κ2) is 11.6. The smallest absolute Gasteiger partial charge is 0.168 e. The van der Waals surface area contributed by atoms with Crippen LogP contribution in [0.15, 0.2) is 91.0 Å². The van der Waals surface area contributed by atoms with Crippen LogP contribution in [0.2, 0.25) is 0 Å². The van der Waals surface area contributed by atoms with Crippen molar-refractivity contribution in [3.05, 3.63) is 91.0 Å². The zero-order valence-corrected chi connectivity index (χ0v) is 21.5. The molecule has 0 aliphatic carbocycles. The Morgan fingerprint density at radius 2 is 0.727 bits per heavy atom. The van der Waals surface area contributed by atoms with Gasteiger partial charge in [-0.05, 0) is 23.0 Å². The Balaban J connectivity index is 0.000000327. The molecule has 0 amide bonds. The van der Waals surface area contributed by atoms with Crippen molar-refractivity contribution >= 4 is 0 Å². The highest BCUT2D eigenvalue weighted by Gasteiger charge is 2.16. The number of hydrogen-bond donors (Lipinski definition) is 0. The summed E-state index contributed by atoms with van der Waals surface area (Å²) in [5.74, 6) is 1.69. The Morgan fingerprint density at radius 3 is 1.03 bits per heavy atom. The van der Waals surface area contributed by atoms with Crippen LogP contribution in [0, 0.1) is 10.8 Å². The molecule has 0 saturated heterocycles. The van der Waals surface area contributed by atoms with Gasteiger partial charge in [0, 0.05) is 16.8 Å². The molecule has 0 bridgehead atoms. The summed E-state index contributed by atoms with van der Waals surface area (Å²) in [6.45, 7) is 17.5. The van der Waals surface area contributed by atoms with Crippen molar-refractivity contribution in [3.63, 3.8) is 0 Å². The first-order chi connectivity index (χ1) is 15.4. The Morgan fingerprint density at radius 1 is 0.455 bits per heavy atom. The Bertz CT molecular complexity index is 987. The number of benzene rings is 3. The molecular formula is C30H39N3. The molecule has 0 saturated carbocycles. The third kappa shape index (κ3) is 9.86. The molecule has 0 atom stereocenters. The van der Waals surface area contributed by atoms with E-state index < -0.39 is 0 Å². The van der Waals surface area contributed by atoms with Gasteiger partial charge in [-0.2, -0.15) is 0 Å². The molecule has 3 aromatic carbocycles. The van der Waals surface area contributed by atoms with Crippen LogP contribution in [0.3, 0.4) is 0 Å². The first-order valence-corrected chi connectivity index (χ1v) is 11.6. The van der Waals surface area contributed by atoms with Crippen molar-refractivity contribution in [1.82, 2.24) is 14.8 Å². The van der Waals surface area contributed by atoms with Gasteiger partial charge in [-0.25, -0.2) is 0 Å². The second-order valence-electron chi connectivity index (χ2n) is 11.3. The molecule has 3 nitrogen and oxygen atoms in total. The van der Waals surface area contributed by atoms with Crippen molar-refractivity contribution in [2.24, 2.45) is 10.8 Å². The summed E-state index contributed by atoms with van der Waals surface area (Å²) in [5, 5.41) is 8.90. The monoisotopic (exact) mass is 441 g/mol. The van der Waals surface area contributed by atoms with E-state index in [-0.39, 0.29) is 0 Å². The predicted molar refractivity (Wildman–Crippen MR) is 142 cm³/mol. The fraction of sp³-hybridized carbons (Fsp3) is 0.333.